The fourth-order valence-corrected chi connectivity index (χ4v) is 2.41. The second kappa shape index (κ2) is 2.54. The standard InChI is InChI=1S/C9H17N/c1-7-6-9(10-7)8-4-2-3-5-8/h7-10H,2-6H2,1H3. The van der Waals surface area contributed by atoms with E-state index in [-0.39, 0.29) is 0 Å². The van der Waals surface area contributed by atoms with Crippen molar-refractivity contribution in [3.05, 3.63) is 0 Å². The third kappa shape index (κ3) is 1.07. The second-order valence-corrected chi connectivity index (χ2v) is 3.95. The van der Waals surface area contributed by atoms with Crippen molar-refractivity contribution in [1.29, 1.82) is 0 Å². The van der Waals surface area contributed by atoms with E-state index in [9.17, 15) is 0 Å². The minimum Gasteiger partial charge on any atom is -0.311 e. The molecule has 1 nitrogen and oxygen atoms in total. The van der Waals surface area contributed by atoms with Crippen molar-refractivity contribution in [3.8, 4) is 0 Å². The molecule has 0 aromatic rings. The van der Waals surface area contributed by atoms with Crippen molar-refractivity contribution in [2.24, 2.45) is 5.92 Å². The molecule has 1 saturated carbocycles. The fourth-order valence-electron chi connectivity index (χ4n) is 2.41. The normalized spacial score (nSPS) is 41.7. The first-order valence-electron chi connectivity index (χ1n) is 4.62. The van der Waals surface area contributed by atoms with Gasteiger partial charge in [-0.1, -0.05) is 12.8 Å². The minimum absolute atomic E-state index is 0.811. The highest BCUT2D eigenvalue weighted by Gasteiger charge is 2.32. The van der Waals surface area contributed by atoms with E-state index in [1.54, 1.807) is 0 Å². The van der Waals surface area contributed by atoms with E-state index >= 15 is 0 Å². The Kier molecular flexibility index (Phi) is 1.69. The molecule has 0 aromatic carbocycles. The molecule has 2 aliphatic rings. The van der Waals surface area contributed by atoms with Crippen molar-refractivity contribution in [3.63, 3.8) is 0 Å². The van der Waals surface area contributed by atoms with Crippen LogP contribution in [0.4, 0.5) is 0 Å². The van der Waals surface area contributed by atoms with Crippen LogP contribution in [0.25, 0.3) is 0 Å². The van der Waals surface area contributed by atoms with E-state index < -0.39 is 0 Å². The maximum Gasteiger partial charge on any atom is 0.0112 e. The van der Waals surface area contributed by atoms with Gasteiger partial charge in [0.1, 0.15) is 0 Å². The molecule has 10 heavy (non-hydrogen) atoms. The Balaban J connectivity index is 1.78. The zero-order valence-electron chi connectivity index (χ0n) is 6.77. The predicted molar refractivity (Wildman–Crippen MR) is 43.0 cm³/mol. The van der Waals surface area contributed by atoms with Crippen LogP contribution in [0.2, 0.25) is 0 Å². The van der Waals surface area contributed by atoms with Gasteiger partial charge in [0.25, 0.3) is 0 Å². The Morgan fingerprint density at radius 3 is 2.30 bits per heavy atom. The lowest BCUT2D eigenvalue weighted by molar-refractivity contribution is 0.204. The third-order valence-corrected chi connectivity index (χ3v) is 3.07. The Morgan fingerprint density at radius 2 is 1.80 bits per heavy atom. The topological polar surface area (TPSA) is 12.0 Å². The molecule has 2 fully saturated rings. The van der Waals surface area contributed by atoms with Crippen molar-refractivity contribution in [1.82, 2.24) is 5.32 Å². The largest absolute Gasteiger partial charge is 0.311 e. The van der Waals surface area contributed by atoms with Crippen LogP contribution >= 0.6 is 0 Å². The van der Waals surface area contributed by atoms with Crippen LogP contribution in [0.3, 0.4) is 0 Å². The van der Waals surface area contributed by atoms with Crippen molar-refractivity contribution < 1.29 is 0 Å². The summed E-state index contributed by atoms with van der Waals surface area (Å²) in [5, 5.41) is 3.58. The minimum atomic E-state index is 0.811. The second-order valence-electron chi connectivity index (χ2n) is 3.95. The van der Waals surface area contributed by atoms with E-state index in [2.05, 4.69) is 12.2 Å². The van der Waals surface area contributed by atoms with Gasteiger partial charge < -0.3 is 5.32 Å². The van der Waals surface area contributed by atoms with Crippen molar-refractivity contribution in [2.75, 3.05) is 0 Å². The first-order chi connectivity index (χ1) is 4.86. The Bertz CT molecular complexity index is 110. The maximum atomic E-state index is 3.58. The van der Waals surface area contributed by atoms with Gasteiger partial charge in [0.05, 0.1) is 0 Å². The van der Waals surface area contributed by atoms with Crippen LogP contribution in [0.5, 0.6) is 0 Å². The first kappa shape index (κ1) is 6.66. The molecule has 0 spiro atoms. The zero-order chi connectivity index (χ0) is 6.97. The monoisotopic (exact) mass is 139 g/mol. The first-order valence-corrected chi connectivity index (χ1v) is 4.62. The molecular formula is C9H17N. The van der Waals surface area contributed by atoms with E-state index in [0.717, 1.165) is 18.0 Å². The number of hydrogen-bond acceptors (Lipinski definition) is 1. The van der Waals surface area contributed by atoms with Crippen LogP contribution in [0.1, 0.15) is 39.0 Å². The summed E-state index contributed by atoms with van der Waals surface area (Å²) in [5.41, 5.74) is 0. The van der Waals surface area contributed by atoms with Gasteiger partial charge in [-0.15, -0.1) is 0 Å². The molecule has 58 valence electrons. The highest BCUT2D eigenvalue weighted by Crippen LogP contribution is 2.32. The number of hydrogen-bond donors (Lipinski definition) is 1. The molecule has 2 rings (SSSR count). The summed E-state index contributed by atoms with van der Waals surface area (Å²) < 4.78 is 0. The zero-order valence-corrected chi connectivity index (χ0v) is 6.77. The van der Waals surface area contributed by atoms with Gasteiger partial charge in [-0.05, 0) is 32.1 Å². The highest BCUT2D eigenvalue weighted by molar-refractivity contribution is 4.91. The molecule has 2 unspecified atom stereocenters. The smallest absolute Gasteiger partial charge is 0.0112 e. The quantitative estimate of drug-likeness (QED) is 0.585. The molecule has 0 aromatic heterocycles. The van der Waals surface area contributed by atoms with E-state index in [1.807, 2.05) is 0 Å². The van der Waals surface area contributed by atoms with Gasteiger partial charge in [-0.2, -0.15) is 0 Å². The maximum absolute atomic E-state index is 3.58. The average Bonchev–Trinajstić information content (AvgIpc) is 2.31. The molecule has 2 atom stereocenters. The summed E-state index contributed by atoms with van der Waals surface area (Å²) in [6, 6.07) is 1.71. The van der Waals surface area contributed by atoms with Gasteiger partial charge in [0.15, 0.2) is 0 Å². The molecule has 1 heteroatoms. The van der Waals surface area contributed by atoms with Gasteiger partial charge in [-0.25, -0.2) is 0 Å². The lowest BCUT2D eigenvalue weighted by Crippen LogP contribution is -2.53. The molecule has 1 saturated heterocycles. The van der Waals surface area contributed by atoms with E-state index in [1.165, 1.54) is 32.1 Å². The van der Waals surface area contributed by atoms with E-state index in [4.69, 9.17) is 0 Å². The van der Waals surface area contributed by atoms with Gasteiger partial charge in [0, 0.05) is 12.1 Å². The van der Waals surface area contributed by atoms with Gasteiger partial charge >= 0.3 is 0 Å². The molecule has 0 amide bonds. The SMILES string of the molecule is CC1CC(C2CCCC2)N1. The molecule has 1 N–H and O–H groups in total. The average molecular weight is 139 g/mol. The third-order valence-electron chi connectivity index (χ3n) is 3.07. The van der Waals surface area contributed by atoms with Crippen molar-refractivity contribution >= 4 is 0 Å². The molecule has 0 radical (unpaired) electrons. The molecular weight excluding hydrogens is 122 g/mol. The Labute approximate surface area is 63.2 Å². The fraction of sp³-hybridized carbons (Fsp3) is 1.00. The number of rotatable bonds is 1. The summed E-state index contributed by atoms with van der Waals surface area (Å²) in [5.74, 6) is 1.04. The van der Waals surface area contributed by atoms with Crippen LogP contribution in [0.15, 0.2) is 0 Å². The summed E-state index contributed by atoms with van der Waals surface area (Å²) in [7, 11) is 0. The van der Waals surface area contributed by atoms with Crippen LogP contribution < -0.4 is 5.32 Å². The Hall–Kier alpha value is -0.0400. The molecule has 1 aliphatic heterocycles. The molecule has 0 bridgehead atoms. The van der Waals surface area contributed by atoms with Gasteiger partial charge in [-0.3, -0.25) is 0 Å². The Morgan fingerprint density at radius 1 is 1.20 bits per heavy atom. The van der Waals surface area contributed by atoms with E-state index in [0.29, 0.717) is 0 Å². The number of nitrogens with one attached hydrogen (secondary N) is 1. The summed E-state index contributed by atoms with van der Waals surface area (Å²) >= 11 is 0. The lowest BCUT2D eigenvalue weighted by Gasteiger charge is -2.39. The molecule has 1 aliphatic carbocycles. The summed E-state index contributed by atoms with van der Waals surface area (Å²) in [4.78, 5) is 0. The van der Waals surface area contributed by atoms with Crippen LogP contribution in [-0.4, -0.2) is 12.1 Å². The predicted octanol–water partition coefficient (Wildman–Crippen LogP) is 1.93. The summed E-state index contributed by atoms with van der Waals surface area (Å²) in [6.07, 6.45) is 7.38. The lowest BCUT2D eigenvalue weighted by atomic mass is 9.86. The van der Waals surface area contributed by atoms with Crippen LogP contribution in [-0.2, 0) is 0 Å². The highest BCUT2D eigenvalue weighted by atomic mass is 15.0. The molecule has 1 heterocycles. The van der Waals surface area contributed by atoms with Crippen LogP contribution in [0, 0.1) is 5.92 Å². The van der Waals surface area contributed by atoms with Crippen molar-refractivity contribution in [2.45, 2.75) is 51.1 Å². The summed E-state index contributed by atoms with van der Waals surface area (Å²) in [6.45, 7) is 2.28. The van der Waals surface area contributed by atoms with Gasteiger partial charge in [0.2, 0.25) is 0 Å².